The predicted octanol–water partition coefficient (Wildman–Crippen LogP) is 4.10. The van der Waals surface area contributed by atoms with Crippen molar-refractivity contribution in [2.45, 2.75) is 18.9 Å². The number of rotatable bonds is 4. The summed E-state index contributed by atoms with van der Waals surface area (Å²) in [5, 5.41) is 8.40. The van der Waals surface area contributed by atoms with Crippen molar-refractivity contribution < 1.29 is 9.53 Å². The molecule has 1 atom stereocenters. The summed E-state index contributed by atoms with van der Waals surface area (Å²) in [6, 6.07) is 17.1. The first-order chi connectivity index (χ1) is 13.2. The maximum Gasteiger partial charge on any atom is 0.255 e. The third-order valence-corrected chi connectivity index (χ3v) is 4.84. The zero-order chi connectivity index (χ0) is 18.6. The summed E-state index contributed by atoms with van der Waals surface area (Å²) in [5.41, 5.74) is 2.91. The van der Waals surface area contributed by atoms with E-state index < -0.39 is 0 Å². The van der Waals surface area contributed by atoms with Crippen LogP contribution in [0.1, 0.15) is 23.2 Å². The van der Waals surface area contributed by atoms with Crippen LogP contribution in [-0.4, -0.2) is 34.9 Å². The van der Waals surface area contributed by atoms with Gasteiger partial charge < -0.3 is 10.1 Å². The number of amides is 1. The lowest BCUT2D eigenvalue weighted by molar-refractivity contribution is 0.0624. The van der Waals surface area contributed by atoms with Crippen molar-refractivity contribution in [1.82, 2.24) is 15.1 Å². The molecule has 1 saturated heterocycles. The largest absolute Gasteiger partial charge is 0.379 e. The minimum Gasteiger partial charge on any atom is -0.379 e. The van der Waals surface area contributed by atoms with Gasteiger partial charge in [-0.15, -0.1) is 0 Å². The highest BCUT2D eigenvalue weighted by Crippen LogP contribution is 2.25. The molecular formula is C21H20ClN3O2. The van der Waals surface area contributed by atoms with Gasteiger partial charge in [-0.2, -0.15) is 5.10 Å². The van der Waals surface area contributed by atoms with Crippen LogP contribution < -0.4 is 5.32 Å². The first-order valence-corrected chi connectivity index (χ1v) is 9.38. The molecule has 1 amide bonds. The first-order valence-electron chi connectivity index (χ1n) is 9.00. The van der Waals surface area contributed by atoms with E-state index in [-0.39, 0.29) is 11.9 Å². The lowest BCUT2D eigenvalue weighted by Gasteiger charge is -2.23. The maximum absolute atomic E-state index is 13.0. The third-order valence-electron chi connectivity index (χ3n) is 4.59. The smallest absolute Gasteiger partial charge is 0.255 e. The Morgan fingerprint density at radius 3 is 2.63 bits per heavy atom. The molecule has 1 aliphatic heterocycles. The highest BCUT2D eigenvalue weighted by molar-refractivity contribution is 6.30. The molecule has 1 fully saturated rings. The molecule has 4 rings (SSSR count). The normalized spacial score (nSPS) is 16.9. The number of nitrogens with one attached hydrogen (secondary N) is 1. The minimum atomic E-state index is -0.141. The van der Waals surface area contributed by atoms with E-state index in [4.69, 9.17) is 16.3 Å². The number of para-hydroxylation sites is 1. The number of carbonyl (C=O) groups excluding carboxylic acids is 1. The number of hydrogen-bond acceptors (Lipinski definition) is 3. The second-order valence-electron chi connectivity index (χ2n) is 6.57. The summed E-state index contributed by atoms with van der Waals surface area (Å²) < 4.78 is 7.20. The summed E-state index contributed by atoms with van der Waals surface area (Å²) in [6.45, 7) is 1.31. The van der Waals surface area contributed by atoms with E-state index >= 15 is 0 Å². The summed E-state index contributed by atoms with van der Waals surface area (Å²) in [6.07, 6.45) is 3.66. The second kappa shape index (κ2) is 7.94. The van der Waals surface area contributed by atoms with E-state index in [9.17, 15) is 4.79 Å². The van der Waals surface area contributed by atoms with Crippen LogP contribution in [0.3, 0.4) is 0 Å². The molecule has 2 heterocycles. The van der Waals surface area contributed by atoms with Gasteiger partial charge in [0.05, 0.1) is 23.9 Å². The Hall–Kier alpha value is -2.63. The van der Waals surface area contributed by atoms with Crippen LogP contribution in [0.15, 0.2) is 60.8 Å². The van der Waals surface area contributed by atoms with Crippen LogP contribution in [0.2, 0.25) is 5.02 Å². The van der Waals surface area contributed by atoms with Gasteiger partial charge in [-0.25, -0.2) is 4.68 Å². The van der Waals surface area contributed by atoms with Gasteiger partial charge in [-0.05, 0) is 37.1 Å². The number of halogens is 1. The van der Waals surface area contributed by atoms with Gasteiger partial charge in [-0.1, -0.05) is 41.9 Å². The second-order valence-corrected chi connectivity index (χ2v) is 7.00. The van der Waals surface area contributed by atoms with Gasteiger partial charge in [0.15, 0.2) is 0 Å². The van der Waals surface area contributed by atoms with Crippen LogP contribution in [-0.2, 0) is 4.74 Å². The Morgan fingerprint density at radius 2 is 1.93 bits per heavy atom. The molecule has 2 aromatic carbocycles. The molecule has 0 spiro atoms. The average molecular weight is 382 g/mol. The van der Waals surface area contributed by atoms with Crippen LogP contribution in [0.5, 0.6) is 0 Å². The molecule has 5 nitrogen and oxygen atoms in total. The van der Waals surface area contributed by atoms with Crippen molar-refractivity contribution in [3.05, 3.63) is 71.4 Å². The lowest BCUT2D eigenvalue weighted by Crippen LogP contribution is -2.40. The molecule has 0 aliphatic carbocycles. The monoisotopic (exact) mass is 381 g/mol. The zero-order valence-corrected chi connectivity index (χ0v) is 15.5. The van der Waals surface area contributed by atoms with E-state index in [0.29, 0.717) is 22.9 Å². The van der Waals surface area contributed by atoms with Gasteiger partial charge in [-0.3, -0.25) is 4.79 Å². The summed E-state index contributed by atoms with van der Waals surface area (Å²) in [4.78, 5) is 13.0. The lowest BCUT2D eigenvalue weighted by atomic mass is 10.1. The highest BCUT2D eigenvalue weighted by Gasteiger charge is 2.22. The van der Waals surface area contributed by atoms with Crippen LogP contribution in [0, 0.1) is 0 Å². The number of ether oxygens (including phenoxy) is 1. The van der Waals surface area contributed by atoms with Crippen molar-refractivity contribution in [1.29, 1.82) is 0 Å². The number of carbonyl (C=O) groups is 1. The Balaban J connectivity index is 1.70. The molecule has 6 heteroatoms. The Kier molecular flexibility index (Phi) is 5.23. The van der Waals surface area contributed by atoms with Crippen LogP contribution in [0.25, 0.3) is 16.9 Å². The number of benzene rings is 2. The molecule has 0 radical (unpaired) electrons. The van der Waals surface area contributed by atoms with Crippen molar-refractivity contribution in [3.8, 4) is 16.9 Å². The van der Waals surface area contributed by atoms with E-state index in [0.717, 1.165) is 30.7 Å². The van der Waals surface area contributed by atoms with Gasteiger partial charge in [0, 0.05) is 23.4 Å². The summed E-state index contributed by atoms with van der Waals surface area (Å²) in [7, 11) is 0. The van der Waals surface area contributed by atoms with Crippen molar-refractivity contribution in [2.24, 2.45) is 0 Å². The van der Waals surface area contributed by atoms with E-state index in [1.54, 1.807) is 23.0 Å². The van der Waals surface area contributed by atoms with E-state index in [1.807, 2.05) is 42.5 Å². The molecule has 1 unspecified atom stereocenters. The Bertz CT molecular complexity index is 916. The van der Waals surface area contributed by atoms with Crippen LogP contribution in [0.4, 0.5) is 0 Å². The number of aromatic nitrogens is 2. The van der Waals surface area contributed by atoms with E-state index in [1.165, 1.54) is 0 Å². The van der Waals surface area contributed by atoms with Gasteiger partial charge in [0.25, 0.3) is 5.91 Å². The average Bonchev–Trinajstić information content (AvgIpc) is 3.16. The Morgan fingerprint density at radius 1 is 1.15 bits per heavy atom. The fourth-order valence-corrected chi connectivity index (χ4v) is 3.32. The first kappa shape index (κ1) is 17.8. The van der Waals surface area contributed by atoms with Crippen molar-refractivity contribution in [2.75, 3.05) is 13.2 Å². The SMILES string of the molecule is O=C(NC1CCCOC1)c1cn(-c2ccccc2)nc1-c1ccc(Cl)cc1. The molecule has 1 N–H and O–H groups in total. The third kappa shape index (κ3) is 4.04. The molecule has 27 heavy (non-hydrogen) atoms. The van der Waals surface area contributed by atoms with Crippen LogP contribution >= 0.6 is 11.6 Å². The topological polar surface area (TPSA) is 56.1 Å². The summed E-state index contributed by atoms with van der Waals surface area (Å²) >= 11 is 6.01. The fourth-order valence-electron chi connectivity index (χ4n) is 3.19. The fraction of sp³-hybridized carbons (Fsp3) is 0.238. The van der Waals surface area contributed by atoms with Gasteiger partial charge >= 0.3 is 0 Å². The van der Waals surface area contributed by atoms with E-state index in [2.05, 4.69) is 10.4 Å². The predicted molar refractivity (Wildman–Crippen MR) is 105 cm³/mol. The molecule has 0 saturated carbocycles. The molecule has 138 valence electrons. The zero-order valence-electron chi connectivity index (χ0n) is 14.8. The standard InChI is InChI=1S/C21H20ClN3O2/c22-16-10-8-15(9-11-16)20-19(21(26)23-17-5-4-12-27-14-17)13-25(24-20)18-6-2-1-3-7-18/h1-3,6-11,13,17H,4-5,12,14H2,(H,23,26). The highest BCUT2D eigenvalue weighted by atomic mass is 35.5. The number of nitrogens with zero attached hydrogens (tertiary/aromatic N) is 2. The molecule has 1 aromatic heterocycles. The molecule has 1 aliphatic rings. The number of hydrogen-bond donors (Lipinski definition) is 1. The minimum absolute atomic E-state index is 0.0318. The van der Waals surface area contributed by atoms with Gasteiger partial charge in [0.1, 0.15) is 5.69 Å². The molecule has 3 aromatic rings. The summed E-state index contributed by atoms with van der Waals surface area (Å²) in [5.74, 6) is -0.141. The Labute approximate surface area is 162 Å². The van der Waals surface area contributed by atoms with Crippen molar-refractivity contribution >= 4 is 17.5 Å². The van der Waals surface area contributed by atoms with Gasteiger partial charge in [0.2, 0.25) is 0 Å². The van der Waals surface area contributed by atoms with Crippen molar-refractivity contribution in [3.63, 3.8) is 0 Å². The molecule has 0 bridgehead atoms. The quantitative estimate of drug-likeness (QED) is 0.740. The maximum atomic E-state index is 13.0. The molecular weight excluding hydrogens is 362 g/mol.